The highest BCUT2D eigenvalue weighted by Crippen LogP contribution is 2.16. The minimum atomic E-state index is -1.17. The minimum Gasteiger partial charge on any atom is -0.481 e. The molecule has 0 saturated carbocycles. The van der Waals surface area contributed by atoms with Crippen LogP contribution in [0.4, 0.5) is 0 Å². The van der Waals surface area contributed by atoms with Gasteiger partial charge in [0.05, 0.1) is 11.8 Å². The molecule has 158 valence electrons. The minimum absolute atomic E-state index is 0.0107. The van der Waals surface area contributed by atoms with Gasteiger partial charge in [0.25, 0.3) is 0 Å². The van der Waals surface area contributed by atoms with Crippen LogP contribution in [-0.4, -0.2) is 56.4 Å². The molecule has 2 unspecified atom stereocenters. The fraction of sp³-hybridized carbons (Fsp3) is 0.765. The van der Waals surface area contributed by atoms with Crippen molar-refractivity contribution >= 4 is 23.9 Å². The third-order valence-corrected chi connectivity index (χ3v) is 3.96. The molecule has 27 heavy (non-hydrogen) atoms. The van der Waals surface area contributed by atoms with Crippen molar-refractivity contribution in [2.24, 2.45) is 23.3 Å². The molecule has 0 radical (unpaired) electrons. The molecule has 0 rings (SSSR count). The summed E-state index contributed by atoms with van der Waals surface area (Å²) in [5.41, 5.74) is 10.4. The normalized spacial score (nSPS) is 14.8. The van der Waals surface area contributed by atoms with Gasteiger partial charge in [-0.1, -0.05) is 39.5 Å². The molecule has 0 aliphatic heterocycles. The van der Waals surface area contributed by atoms with E-state index < -0.39 is 47.8 Å². The summed E-state index contributed by atoms with van der Waals surface area (Å²) in [5.74, 6) is -5.63. The smallest absolute Gasteiger partial charge is 0.320 e. The average Bonchev–Trinajstić information content (AvgIpc) is 2.57. The number of hydrogen-bond acceptors (Lipinski definition) is 6. The first-order valence-corrected chi connectivity index (χ1v) is 8.86. The predicted octanol–water partition coefficient (Wildman–Crippen LogP) is 0.969. The third-order valence-electron chi connectivity index (χ3n) is 3.96. The predicted molar refractivity (Wildman–Crippen MR) is 97.1 cm³/mol. The largest absolute Gasteiger partial charge is 0.481 e. The SMILES string of the molecule is CC(C[C@H](N)C(=O)O)C(=O)O.CCCCCCC(C[C@H](N)C(=O)O)C(=O)O. The maximum atomic E-state index is 10.9. The van der Waals surface area contributed by atoms with Gasteiger partial charge >= 0.3 is 23.9 Å². The molecular weight excluding hydrogens is 360 g/mol. The van der Waals surface area contributed by atoms with Crippen molar-refractivity contribution in [3.8, 4) is 0 Å². The van der Waals surface area contributed by atoms with Gasteiger partial charge in [-0.25, -0.2) is 0 Å². The monoisotopic (exact) mass is 392 g/mol. The molecule has 0 aromatic rings. The summed E-state index contributed by atoms with van der Waals surface area (Å²) in [7, 11) is 0. The van der Waals surface area contributed by atoms with Crippen molar-refractivity contribution in [1.82, 2.24) is 0 Å². The van der Waals surface area contributed by atoms with Crippen LogP contribution in [0.2, 0.25) is 0 Å². The zero-order valence-electron chi connectivity index (χ0n) is 15.8. The number of aliphatic carboxylic acids is 4. The lowest BCUT2D eigenvalue weighted by molar-refractivity contribution is -0.145. The number of rotatable bonds is 13. The highest BCUT2D eigenvalue weighted by molar-refractivity contribution is 5.76. The number of unbranched alkanes of at least 4 members (excludes halogenated alkanes) is 3. The molecule has 0 heterocycles. The molecule has 0 fully saturated rings. The Morgan fingerprint density at radius 1 is 0.741 bits per heavy atom. The van der Waals surface area contributed by atoms with Gasteiger partial charge in [0.1, 0.15) is 12.1 Å². The van der Waals surface area contributed by atoms with E-state index in [9.17, 15) is 19.2 Å². The number of carbonyl (C=O) groups is 4. The van der Waals surface area contributed by atoms with Crippen LogP contribution < -0.4 is 11.5 Å². The van der Waals surface area contributed by atoms with Crippen molar-refractivity contribution < 1.29 is 39.6 Å². The van der Waals surface area contributed by atoms with Crippen molar-refractivity contribution in [2.45, 2.75) is 70.9 Å². The molecule has 0 saturated heterocycles. The van der Waals surface area contributed by atoms with Gasteiger partial charge in [-0.2, -0.15) is 0 Å². The third kappa shape index (κ3) is 14.6. The van der Waals surface area contributed by atoms with Crippen molar-refractivity contribution in [3.05, 3.63) is 0 Å². The van der Waals surface area contributed by atoms with Crippen LogP contribution >= 0.6 is 0 Å². The zero-order chi connectivity index (χ0) is 21.6. The lowest BCUT2D eigenvalue weighted by Crippen LogP contribution is -2.34. The van der Waals surface area contributed by atoms with Crippen molar-refractivity contribution in [3.63, 3.8) is 0 Å². The van der Waals surface area contributed by atoms with Gasteiger partial charge in [-0.05, 0) is 19.3 Å². The Hall–Kier alpha value is -2.20. The molecular formula is C17H32N2O8. The Kier molecular flexibility index (Phi) is 14.9. The molecule has 0 aliphatic rings. The second-order valence-electron chi connectivity index (χ2n) is 6.48. The van der Waals surface area contributed by atoms with Crippen LogP contribution in [-0.2, 0) is 19.2 Å². The standard InChI is InChI=1S/C11H21NO4.C6H11NO4/c1-2-3-4-5-6-8(10(13)14)7-9(12)11(15)16;1-3(5(8)9)2-4(7)6(10)11/h8-9H,2-7,12H2,1H3,(H,13,14)(H,15,16);3-4H,2,7H2,1H3,(H,8,9)(H,10,11)/t8?,9-;3?,4-/m00/s1. The van der Waals surface area contributed by atoms with Crippen LogP contribution in [0.3, 0.4) is 0 Å². The number of hydrogen-bond donors (Lipinski definition) is 6. The molecule has 0 amide bonds. The highest BCUT2D eigenvalue weighted by Gasteiger charge is 2.23. The molecule has 0 bridgehead atoms. The van der Waals surface area contributed by atoms with Gasteiger partial charge < -0.3 is 31.9 Å². The Labute approximate surface area is 158 Å². The second kappa shape index (κ2) is 14.9. The Morgan fingerprint density at radius 2 is 1.22 bits per heavy atom. The Morgan fingerprint density at radius 3 is 1.59 bits per heavy atom. The summed E-state index contributed by atoms with van der Waals surface area (Å²) in [6, 6.07) is -2.16. The van der Waals surface area contributed by atoms with E-state index in [4.69, 9.17) is 31.9 Å². The van der Waals surface area contributed by atoms with E-state index in [0.717, 1.165) is 25.7 Å². The summed E-state index contributed by atoms with van der Waals surface area (Å²) in [6.07, 6.45) is 4.46. The number of carboxylic acid groups (broad SMARTS) is 4. The summed E-state index contributed by atoms with van der Waals surface area (Å²) in [5, 5.41) is 34.2. The van der Waals surface area contributed by atoms with Gasteiger partial charge in [0.15, 0.2) is 0 Å². The van der Waals surface area contributed by atoms with Crippen LogP contribution in [0.5, 0.6) is 0 Å². The molecule has 0 aliphatic carbocycles. The Bertz CT molecular complexity index is 466. The zero-order valence-corrected chi connectivity index (χ0v) is 15.8. The molecule has 4 atom stereocenters. The average molecular weight is 392 g/mol. The van der Waals surface area contributed by atoms with Gasteiger partial charge in [-0.15, -0.1) is 0 Å². The van der Waals surface area contributed by atoms with Gasteiger partial charge in [0.2, 0.25) is 0 Å². The summed E-state index contributed by atoms with van der Waals surface area (Å²) >= 11 is 0. The molecule has 10 heteroatoms. The summed E-state index contributed by atoms with van der Waals surface area (Å²) in [4.78, 5) is 41.7. The fourth-order valence-corrected chi connectivity index (χ4v) is 2.15. The molecule has 0 aromatic heterocycles. The van der Waals surface area contributed by atoms with Crippen molar-refractivity contribution in [2.75, 3.05) is 0 Å². The van der Waals surface area contributed by atoms with Crippen LogP contribution in [0, 0.1) is 11.8 Å². The molecule has 10 nitrogen and oxygen atoms in total. The van der Waals surface area contributed by atoms with E-state index in [0.29, 0.717) is 6.42 Å². The Balaban J connectivity index is 0. The fourth-order valence-electron chi connectivity index (χ4n) is 2.15. The second-order valence-corrected chi connectivity index (χ2v) is 6.48. The first-order valence-electron chi connectivity index (χ1n) is 8.86. The highest BCUT2D eigenvalue weighted by atomic mass is 16.4. The summed E-state index contributed by atoms with van der Waals surface area (Å²) < 4.78 is 0. The maximum absolute atomic E-state index is 10.9. The molecule has 0 spiro atoms. The van der Waals surface area contributed by atoms with E-state index in [1.165, 1.54) is 6.92 Å². The van der Waals surface area contributed by atoms with Crippen molar-refractivity contribution in [1.29, 1.82) is 0 Å². The first kappa shape index (κ1) is 27.0. The van der Waals surface area contributed by atoms with E-state index in [1.54, 1.807) is 0 Å². The van der Waals surface area contributed by atoms with E-state index >= 15 is 0 Å². The number of carboxylic acids is 4. The molecule has 8 N–H and O–H groups in total. The van der Waals surface area contributed by atoms with Gasteiger partial charge in [-0.3, -0.25) is 19.2 Å². The maximum Gasteiger partial charge on any atom is 0.320 e. The van der Waals surface area contributed by atoms with E-state index in [1.807, 2.05) is 0 Å². The van der Waals surface area contributed by atoms with Crippen LogP contribution in [0.1, 0.15) is 58.8 Å². The van der Waals surface area contributed by atoms with E-state index in [2.05, 4.69) is 6.92 Å². The quantitative estimate of drug-likeness (QED) is 0.245. The topological polar surface area (TPSA) is 201 Å². The first-order chi connectivity index (χ1) is 12.4. The molecule has 0 aromatic carbocycles. The van der Waals surface area contributed by atoms with E-state index in [-0.39, 0.29) is 12.8 Å². The van der Waals surface area contributed by atoms with Crippen LogP contribution in [0.15, 0.2) is 0 Å². The lowest BCUT2D eigenvalue weighted by Gasteiger charge is -2.14. The van der Waals surface area contributed by atoms with Gasteiger partial charge in [0, 0.05) is 0 Å². The summed E-state index contributed by atoms with van der Waals surface area (Å²) in [6.45, 7) is 3.50. The lowest BCUT2D eigenvalue weighted by atomic mass is 9.94. The number of nitrogens with two attached hydrogens (primary N) is 2. The van der Waals surface area contributed by atoms with Crippen LogP contribution in [0.25, 0.3) is 0 Å².